The molecule has 1 unspecified atom stereocenters. The number of halogens is 1. The second-order valence-corrected chi connectivity index (χ2v) is 9.93. The Morgan fingerprint density at radius 3 is 2.49 bits per heavy atom. The molecule has 8 nitrogen and oxygen atoms in total. The number of para-hydroxylation sites is 1. The van der Waals surface area contributed by atoms with Crippen molar-refractivity contribution in [2.75, 3.05) is 17.7 Å². The molecule has 1 aliphatic rings. The second-order valence-electron chi connectivity index (χ2n) is 8.99. The van der Waals surface area contributed by atoms with Gasteiger partial charge in [0.05, 0.1) is 18.2 Å². The summed E-state index contributed by atoms with van der Waals surface area (Å²) in [5.41, 5.74) is 4.37. The van der Waals surface area contributed by atoms with E-state index >= 15 is 0 Å². The third kappa shape index (κ3) is 5.42. The number of ether oxygens (including phenoxy) is 1. The van der Waals surface area contributed by atoms with Crippen molar-refractivity contribution in [3.05, 3.63) is 112 Å². The highest BCUT2D eigenvalue weighted by atomic mass is 32.2. The van der Waals surface area contributed by atoms with Crippen LogP contribution in [-0.4, -0.2) is 33.8 Å². The fourth-order valence-electron chi connectivity index (χ4n) is 4.37. The van der Waals surface area contributed by atoms with E-state index in [1.165, 1.54) is 24.9 Å². The number of aryl methyl sites for hydroxylation is 1. The molecule has 0 aliphatic carbocycles. The first-order chi connectivity index (χ1) is 18.9. The van der Waals surface area contributed by atoms with Gasteiger partial charge in [0.2, 0.25) is 11.1 Å². The molecule has 5 rings (SSSR count). The van der Waals surface area contributed by atoms with Gasteiger partial charge in [0.1, 0.15) is 11.9 Å². The molecule has 3 aromatic carbocycles. The lowest BCUT2D eigenvalue weighted by Gasteiger charge is -2.29. The molecule has 1 atom stereocenters. The van der Waals surface area contributed by atoms with Gasteiger partial charge in [-0.2, -0.15) is 4.98 Å². The first-order valence-corrected chi connectivity index (χ1v) is 13.2. The van der Waals surface area contributed by atoms with Crippen molar-refractivity contribution in [3.63, 3.8) is 0 Å². The molecular weight excluding hydrogens is 517 g/mol. The molecule has 2 N–H and O–H groups in total. The fourth-order valence-corrected chi connectivity index (χ4v) is 5.19. The van der Waals surface area contributed by atoms with E-state index in [-0.39, 0.29) is 11.7 Å². The summed E-state index contributed by atoms with van der Waals surface area (Å²) in [6.45, 7) is 3.74. The van der Waals surface area contributed by atoms with Crippen LogP contribution in [-0.2, 0) is 15.3 Å². The molecule has 0 saturated carbocycles. The zero-order valence-electron chi connectivity index (χ0n) is 21.6. The number of hydrogen-bond acceptors (Lipinski definition) is 7. The smallest absolute Gasteiger partial charge is 0.337 e. The monoisotopic (exact) mass is 543 g/mol. The molecule has 39 heavy (non-hydrogen) atoms. The maximum absolute atomic E-state index is 14.2. The van der Waals surface area contributed by atoms with E-state index in [1.54, 1.807) is 47.1 Å². The molecule has 1 amide bonds. The van der Waals surface area contributed by atoms with Gasteiger partial charge in [-0.05, 0) is 54.8 Å². The van der Waals surface area contributed by atoms with E-state index in [0.717, 1.165) is 11.1 Å². The van der Waals surface area contributed by atoms with Crippen molar-refractivity contribution in [2.24, 2.45) is 0 Å². The van der Waals surface area contributed by atoms with E-state index in [1.807, 2.05) is 38.1 Å². The number of hydrogen-bond donors (Lipinski definition) is 2. The van der Waals surface area contributed by atoms with Crippen LogP contribution in [0.4, 0.5) is 16.0 Å². The number of methoxy groups -OCH3 is 1. The zero-order chi connectivity index (χ0) is 27.5. The van der Waals surface area contributed by atoms with Gasteiger partial charge in [-0.15, -0.1) is 5.10 Å². The normalized spacial score (nSPS) is 14.4. The SMILES string of the molecule is COC(=O)c1ccc(C2C(C(=O)Nc3ccccc3C)=C(C)Nc3nc(SCc4ccccc4F)nn32)cc1. The van der Waals surface area contributed by atoms with E-state index in [9.17, 15) is 14.0 Å². The summed E-state index contributed by atoms with van der Waals surface area (Å²) in [5.74, 6) is -0.231. The van der Waals surface area contributed by atoms with Gasteiger partial charge >= 0.3 is 5.97 Å². The minimum absolute atomic E-state index is 0.289. The lowest BCUT2D eigenvalue weighted by molar-refractivity contribution is -0.113. The number of amides is 1. The fraction of sp³-hybridized carbons (Fsp3) is 0.172. The van der Waals surface area contributed by atoms with Crippen molar-refractivity contribution in [1.29, 1.82) is 0 Å². The van der Waals surface area contributed by atoms with Crippen molar-refractivity contribution < 1.29 is 18.7 Å². The van der Waals surface area contributed by atoms with Gasteiger partial charge in [0.15, 0.2) is 0 Å². The number of allylic oxidation sites excluding steroid dienone is 1. The van der Waals surface area contributed by atoms with Crippen molar-refractivity contribution in [2.45, 2.75) is 30.8 Å². The molecule has 10 heteroatoms. The summed E-state index contributed by atoms with van der Waals surface area (Å²) < 4.78 is 20.6. The summed E-state index contributed by atoms with van der Waals surface area (Å²) in [6.07, 6.45) is 0. The lowest BCUT2D eigenvalue weighted by atomic mass is 9.94. The van der Waals surface area contributed by atoms with E-state index in [2.05, 4.69) is 15.6 Å². The molecule has 0 spiro atoms. The molecule has 198 valence electrons. The first kappa shape index (κ1) is 26.2. The zero-order valence-corrected chi connectivity index (χ0v) is 22.4. The topological polar surface area (TPSA) is 98.1 Å². The number of fused-ring (bicyclic) bond motifs is 1. The molecule has 1 aliphatic heterocycles. The Balaban J connectivity index is 1.51. The number of carbonyl (C=O) groups is 2. The van der Waals surface area contributed by atoms with Gasteiger partial charge in [-0.3, -0.25) is 4.79 Å². The highest BCUT2D eigenvalue weighted by Gasteiger charge is 2.34. The molecule has 0 saturated heterocycles. The molecular formula is C29H26FN5O3S. The number of thioether (sulfide) groups is 1. The Labute approximate surface area is 229 Å². The number of aromatic nitrogens is 3. The number of anilines is 2. The summed E-state index contributed by atoms with van der Waals surface area (Å²) in [4.78, 5) is 30.3. The van der Waals surface area contributed by atoms with Crippen molar-refractivity contribution in [1.82, 2.24) is 14.8 Å². The van der Waals surface area contributed by atoms with Crippen LogP contribution in [0.25, 0.3) is 0 Å². The molecule has 0 bridgehead atoms. The Morgan fingerprint density at radius 1 is 1.05 bits per heavy atom. The minimum Gasteiger partial charge on any atom is -0.465 e. The van der Waals surface area contributed by atoms with Crippen LogP contribution in [0.3, 0.4) is 0 Å². The Hall–Kier alpha value is -4.44. The predicted octanol–water partition coefficient (Wildman–Crippen LogP) is 5.73. The number of benzene rings is 3. The number of nitrogens with one attached hydrogen (secondary N) is 2. The minimum atomic E-state index is -0.632. The van der Waals surface area contributed by atoms with Gasteiger partial charge < -0.3 is 15.4 Å². The molecule has 2 heterocycles. The predicted molar refractivity (Wildman–Crippen MR) is 148 cm³/mol. The third-order valence-electron chi connectivity index (χ3n) is 6.43. The first-order valence-electron chi connectivity index (χ1n) is 12.2. The highest BCUT2D eigenvalue weighted by molar-refractivity contribution is 7.98. The van der Waals surface area contributed by atoms with Crippen LogP contribution < -0.4 is 10.6 Å². The summed E-state index contributed by atoms with van der Waals surface area (Å²) in [5, 5.41) is 11.4. The van der Waals surface area contributed by atoms with Crippen LogP contribution in [0.2, 0.25) is 0 Å². The van der Waals surface area contributed by atoms with Gasteiger partial charge in [0, 0.05) is 17.1 Å². The van der Waals surface area contributed by atoms with E-state index in [0.29, 0.717) is 44.9 Å². The highest BCUT2D eigenvalue weighted by Crippen LogP contribution is 2.37. The second kappa shape index (κ2) is 11.1. The Bertz CT molecular complexity index is 1580. The number of nitrogens with zero attached hydrogens (tertiary/aromatic N) is 3. The standard InChI is InChI=1S/C29H26FN5O3S/c1-17-8-4-7-11-23(17)32-26(36)24-18(2)31-28-33-29(39-16-21-9-5-6-10-22(21)30)34-35(28)25(24)19-12-14-20(15-13-19)27(37)38-3/h4-15,25H,16H2,1-3H3,(H,32,36)(H,31,33,34). The van der Waals surface area contributed by atoms with Crippen molar-refractivity contribution >= 4 is 35.3 Å². The van der Waals surface area contributed by atoms with Crippen LogP contribution in [0.15, 0.2) is 89.2 Å². The largest absolute Gasteiger partial charge is 0.465 e. The average molecular weight is 544 g/mol. The summed E-state index contributed by atoms with van der Waals surface area (Å²) in [6, 6.07) is 20.3. The third-order valence-corrected chi connectivity index (χ3v) is 7.32. The maximum Gasteiger partial charge on any atom is 0.337 e. The molecule has 1 aromatic heterocycles. The Kier molecular flexibility index (Phi) is 7.47. The van der Waals surface area contributed by atoms with Crippen LogP contribution in [0.1, 0.15) is 40.0 Å². The quantitative estimate of drug-likeness (QED) is 0.227. The number of rotatable bonds is 7. The van der Waals surface area contributed by atoms with Gasteiger partial charge in [0.25, 0.3) is 5.91 Å². The summed E-state index contributed by atoms with van der Waals surface area (Å²) in [7, 11) is 1.32. The number of carbonyl (C=O) groups excluding carboxylic acids is 2. The van der Waals surface area contributed by atoms with Crippen LogP contribution in [0.5, 0.6) is 0 Å². The van der Waals surface area contributed by atoms with Crippen molar-refractivity contribution in [3.8, 4) is 0 Å². The van der Waals surface area contributed by atoms with E-state index in [4.69, 9.17) is 9.84 Å². The molecule has 4 aromatic rings. The Morgan fingerprint density at radius 2 is 1.77 bits per heavy atom. The number of esters is 1. The molecule has 0 fully saturated rings. The lowest BCUT2D eigenvalue weighted by Crippen LogP contribution is -2.31. The maximum atomic E-state index is 14.2. The van der Waals surface area contributed by atoms with E-state index < -0.39 is 12.0 Å². The summed E-state index contributed by atoms with van der Waals surface area (Å²) >= 11 is 1.30. The average Bonchev–Trinajstić information content (AvgIpc) is 3.35. The van der Waals surface area contributed by atoms with Gasteiger partial charge in [-0.1, -0.05) is 60.3 Å². The van der Waals surface area contributed by atoms with Crippen LogP contribution >= 0.6 is 11.8 Å². The van der Waals surface area contributed by atoms with Crippen LogP contribution in [0, 0.1) is 12.7 Å². The molecule has 0 radical (unpaired) electrons. The van der Waals surface area contributed by atoms with Gasteiger partial charge in [-0.25, -0.2) is 13.9 Å².